The molecule has 1 aromatic heterocycles. The van der Waals surface area contributed by atoms with E-state index in [1.807, 2.05) is 6.07 Å². The first-order valence-electron chi connectivity index (χ1n) is 17.3. The Balaban J connectivity index is 1.37. The minimum atomic E-state index is -4.03. The van der Waals surface area contributed by atoms with Crippen molar-refractivity contribution in [2.24, 2.45) is 5.41 Å². The van der Waals surface area contributed by atoms with Crippen molar-refractivity contribution in [3.8, 4) is 17.0 Å². The number of amides is 2. The van der Waals surface area contributed by atoms with Crippen LogP contribution in [0.4, 0.5) is 8.78 Å². The number of benzene rings is 2. The number of carbonyl (C=O) groups excluding carboxylic acids is 2. The molecular weight excluding hydrogens is 652 g/mol. The Labute approximate surface area is 286 Å². The van der Waals surface area contributed by atoms with E-state index in [2.05, 4.69) is 30.9 Å². The number of ether oxygens (including phenoxy) is 1. The predicted octanol–water partition coefficient (Wildman–Crippen LogP) is 5.58. The molecule has 49 heavy (non-hydrogen) atoms. The van der Waals surface area contributed by atoms with Gasteiger partial charge in [-0.2, -0.15) is 21.5 Å². The topological polar surface area (TPSA) is 104 Å². The first-order chi connectivity index (χ1) is 23.4. The SMILES string of the molecule is CN1CC2CCC(C1)N2C(=O)C1(Cn2c(-c3ccc(OC(F)F)cc3)c(C3CCCCC3)c3ccc(C(=O)NS(=O)(=O)N(C)C)cc32)CC1. The molecule has 2 aliphatic heterocycles. The van der Waals surface area contributed by atoms with Crippen molar-refractivity contribution in [2.45, 2.75) is 88.9 Å². The number of aromatic nitrogens is 1. The van der Waals surface area contributed by atoms with Gasteiger partial charge in [0, 0.05) is 62.3 Å². The minimum absolute atomic E-state index is 0.0565. The van der Waals surface area contributed by atoms with Crippen molar-refractivity contribution < 1.29 is 31.5 Å². The predicted molar refractivity (Wildman–Crippen MR) is 183 cm³/mol. The maximum Gasteiger partial charge on any atom is 0.387 e. The molecule has 2 bridgehead atoms. The second kappa shape index (κ2) is 13.0. The van der Waals surface area contributed by atoms with Crippen LogP contribution in [-0.2, 0) is 21.5 Å². The number of hydrogen-bond donors (Lipinski definition) is 1. The fourth-order valence-corrected chi connectivity index (χ4v) is 9.01. The van der Waals surface area contributed by atoms with Gasteiger partial charge in [-0.1, -0.05) is 25.3 Å². The number of likely N-dealkylation sites (N-methyl/N-ethyl adjacent to an activating group) is 1. The molecule has 2 unspecified atom stereocenters. The molecule has 10 nitrogen and oxygen atoms in total. The number of rotatable bonds is 10. The molecule has 3 aromatic rings. The largest absolute Gasteiger partial charge is 0.435 e. The van der Waals surface area contributed by atoms with Crippen LogP contribution in [0.1, 0.15) is 79.6 Å². The summed E-state index contributed by atoms with van der Waals surface area (Å²) in [5, 5.41) is 0.949. The van der Waals surface area contributed by atoms with Crippen molar-refractivity contribution in [3.05, 3.63) is 53.6 Å². The summed E-state index contributed by atoms with van der Waals surface area (Å²) in [6.07, 6.45) is 8.78. The van der Waals surface area contributed by atoms with Crippen LogP contribution >= 0.6 is 0 Å². The van der Waals surface area contributed by atoms with Gasteiger partial charge in [0.2, 0.25) is 5.91 Å². The van der Waals surface area contributed by atoms with Gasteiger partial charge < -0.3 is 19.1 Å². The number of hydrogen-bond acceptors (Lipinski definition) is 6. The number of halogens is 2. The van der Waals surface area contributed by atoms with Crippen LogP contribution in [-0.4, -0.2) is 91.8 Å². The van der Waals surface area contributed by atoms with E-state index in [9.17, 15) is 26.8 Å². The smallest absolute Gasteiger partial charge is 0.387 e. The maximum absolute atomic E-state index is 14.6. The molecule has 7 rings (SSSR count). The Morgan fingerprint density at radius 1 is 0.980 bits per heavy atom. The molecular formula is C36H45F2N5O5S. The summed E-state index contributed by atoms with van der Waals surface area (Å²) in [6, 6.07) is 12.3. The average Bonchev–Trinajstić information content (AvgIpc) is 3.71. The molecule has 1 N–H and O–H groups in total. The Kier molecular flexibility index (Phi) is 8.98. The van der Waals surface area contributed by atoms with E-state index in [1.54, 1.807) is 36.4 Å². The normalized spacial score (nSPS) is 22.6. The monoisotopic (exact) mass is 697 g/mol. The number of nitrogens with zero attached hydrogens (tertiary/aromatic N) is 4. The molecule has 2 atom stereocenters. The first kappa shape index (κ1) is 33.9. The molecule has 4 fully saturated rings. The van der Waals surface area contributed by atoms with Gasteiger partial charge >= 0.3 is 16.8 Å². The van der Waals surface area contributed by atoms with Gasteiger partial charge in [-0.05, 0) is 99.0 Å². The van der Waals surface area contributed by atoms with Gasteiger partial charge in [0.25, 0.3) is 5.91 Å². The fraction of sp³-hybridized carbons (Fsp3) is 0.556. The van der Waals surface area contributed by atoms with E-state index in [0.29, 0.717) is 6.54 Å². The van der Waals surface area contributed by atoms with Crippen LogP contribution in [0.3, 0.4) is 0 Å². The molecule has 0 radical (unpaired) electrons. The van der Waals surface area contributed by atoms with E-state index in [-0.39, 0.29) is 35.2 Å². The lowest BCUT2D eigenvalue weighted by molar-refractivity contribution is -0.143. The van der Waals surface area contributed by atoms with Crippen molar-refractivity contribution in [3.63, 3.8) is 0 Å². The van der Waals surface area contributed by atoms with Gasteiger partial charge in [-0.15, -0.1) is 0 Å². The van der Waals surface area contributed by atoms with Crippen LogP contribution < -0.4 is 9.46 Å². The van der Waals surface area contributed by atoms with Crippen LogP contribution in [0.25, 0.3) is 22.2 Å². The van der Waals surface area contributed by atoms with Crippen molar-refractivity contribution in [2.75, 3.05) is 34.2 Å². The first-order valence-corrected chi connectivity index (χ1v) is 18.8. The summed E-state index contributed by atoms with van der Waals surface area (Å²) in [5.74, 6) is -0.283. The second-order valence-electron chi connectivity index (χ2n) is 14.6. The lowest BCUT2D eigenvalue weighted by Crippen LogP contribution is -2.56. The zero-order chi connectivity index (χ0) is 34.7. The van der Waals surface area contributed by atoms with Crippen LogP contribution in [0.5, 0.6) is 5.75 Å². The molecule has 13 heteroatoms. The highest BCUT2D eigenvalue weighted by atomic mass is 32.2. The quantitative estimate of drug-likeness (QED) is 0.297. The number of likely N-dealkylation sites (tertiary alicyclic amines) is 1. The summed E-state index contributed by atoms with van der Waals surface area (Å²) < 4.78 is 61.2. The van der Waals surface area contributed by atoms with Gasteiger partial charge in [0.15, 0.2) is 0 Å². The van der Waals surface area contributed by atoms with Crippen LogP contribution in [0.15, 0.2) is 42.5 Å². The van der Waals surface area contributed by atoms with Gasteiger partial charge in [-0.25, -0.2) is 4.72 Å². The fourth-order valence-electron chi connectivity index (χ4n) is 8.47. The molecule has 2 saturated carbocycles. The third-order valence-electron chi connectivity index (χ3n) is 11.1. The van der Waals surface area contributed by atoms with E-state index in [0.717, 1.165) is 103 Å². The lowest BCUT2D eigenvalue weighted by atomic mass is 9.81. The summed E-state index contributed by atoms with van der Waals surface area (Å²) >= 11 is 0. The number of carbonyl (C=O) groups is 2. The molecule has 4 aliphatic rings. The van der Waals surface area contributed by atoms with Crippen molar-refractivity contribution in [1.82, 2.24) is 23.4 Å². The van der Waals surface area contributed by atoms with Crippen molar-refractivity contribution >= 4 is 32.9 Å². The molecule has 2 aromatic carbocycles. The van der Waals surface area contributed by atoms with Crippen LogP contribution in [0.2, 0.25) is 0 Å². The van der Waals surface area contributed by atoms with E-state index in [1.165, 1.54) is 14.1 Å². The highest BCUT2D eigenvalue weighted by Crippen LogP contribution is 2.53. The molecule has 2 saturated heterocycles. The Bertz CT molecular complexity index is 1840. The number of nitrogens with one attached hydrogen (secondary N) is 1. The Morgan fingerprint density at radius 3 is 2.22 bits per heavy atom. The third-order valence-corrected chi connectivity index (χ3v) is 12.5. The van der Waals surface area contributed by atoms with E-state index in [4.69, 9.17) is 0 Å². The average molecular weight is 698 g/mol. The summed E-state index contributed by atoms with van der Waals surface area (Å²) in [7, 11) is 0.784. The third kappa shape index (κ3) is 6.45. The zero-order valence-electron chi connectivity index (χ0n) is 28.3. The van der Waals surface area contributed by atoms with E-state index >= 15 is 0 Å². The molecule has 2 amide bonds. The standard InChI is InChI=1S/C36H45F2N5O5S/c1-40(2)49(46,47)39-33(44)25-11-16-29-30(19-25)42(22-36(17-18-36)34(45)43-26-12-13-27(43)21-41(3)20-26)32(31(29)23-7-5-4-6-8-23)24-9-14-28(15-10-24)48-35(37)38/h9-11,14-16,19,23,26-27,35H,4-8,12-13,17-18,20-22H2,1-3H3,(H,39,44). The number of alkyl halides is 2. The van der Waals surface area contributed by atoms with Crippen molar-refractivity contribution in [1.29, 1.82) is 0 Å². The summed E-state index contributed by atoms with van der Waals surface area (Å²) in [4.78, 5) is 32.4. The number of fused-ring (bicyclic) bond motifs is 3. The Hall–Kier alpha value is -3.55. The molecule has 0 spiro atoms. The second-order valence-corrected chi connectivity index (χ2v) is 16.5. The van der Waals surface area contributed by atoms with Gasteiger partial charge in [0.1, 0.15) is 5.75 Å². The highest BCUT2D eigenvalue weighted by Gasteiger charge is 2.56. The van der Waals surface area contributed by atoms with Gasteiger partial charge in [-0.3, -0.25) is 9.59 Å². The lowest BCUT2D eigenvalue weighted by Gasteiger charge is -2.41. The highest BCUT2D eigenvalue weighted by molar-refractivity contribution is 7.87. The molecule has 3 heterocycles. The molecule has 2 aliphatic carbocycles. The summed E-state index contributed by atoms with van der Waals surface area (Å²) in [6.45, 7) is -0.819. The number of piperazine rings is 1. The molecule has 264 valence electrons. The summed E-state index contributed by atoms with van der Waals surface area (Å²) in [5.41, 5.74) is 3.16. The van der Waals surface area contributed by atoms with E-state index < -0.39 is 28.1 Å². The minimum Gasteiger partial charge on any atom is -0.435 e. The van der Waals surface area contributed by atoms with Gasteiger partial charge in [0.05, 0.1) is 11.1 Å². The Morgan fingerprint density at radius 2 is 1.63 bits per heavy atom. The zero-order valence-corrected chi connectivity index (χ0v) is 29.1. The maximum atomic E-state index is 14.6. The van der Waals surface area contributed by atoms with Crippen LogP contribution in [0, 0.1) is 5.41 Å².